The number of hydrogen-bond donors (Lipinski definition) is 3. The minimum atomic E-state index is 0.295. The van der Waals surface area contributed by atoms with Gasteiger partial charge in [-0.25, -0.2) is 0 Å². The van der Waals surface area contributed by atoms with Crippen LogP contribution in [0.5, 0.6) is 0 Å². The molecule has 0 atom stereocenters. The van der Waals surface area contributed by atoms with Crippen molar-refractivity contribution < 1.29 is 0 Å². The minimum absolute atomic E-state index is 0.295. The molecular weight excluding hydrogens is 288 g/mol. The molecule has 0 saturated carbocycles. The van der Waals surface area contributed by atoms with E-state index in [1.165, 1.54) is 0 Å². The van der Waals surface area contributed by atoms with Crippen LogP contribution in [0, 0.1) is 5.41 Å². The third-order valence-corrected chi connectivity index (χ3v) is 4.23. The van der Waals surface area contributed by atoms with E-state index in [0.717, 1.165) is 42.8 Å². The molecule has 0 aliphatic carbocycles. The molecule has 2 aromatic rings. The van der Waals surface area contributed by atoms with Crippen molar-refractivity contribution in [1.29, 1.82) is 5.41 Å². The number of nitrogen functional groups attached to an aromatic ring is 1. The summed E-state index contributed by atoms with van der Waals surface area (Å²) in [6.07, 6.45) is 7.08. The number of likely N-dealkylation sites (tertiary alicyclic amines) is 1. The van der Waals surface area contributed by atoms with Gasteiger partial charge in [0.2, 0.25) is 0 Å². The highest BCUT2D eigenvalue weighted by Gasteiger charge is 2.18. The van der Waals surface area contributed by atoms with Crippen molar-refractivity contribution in [2.45, 2.75) is 18.9 Å². The van der Waals surface area contributed by atoms with E-state index >= 15 is 0 Å². The van der Waals surface area contributed by atoms with Gasteiger partial charge in [0.1, 0.15) is 0 Å². The lowest BCUT2D eigenvalue weighted by atomic mass is 10.0. The van der Waals surface area contributed by atoms with E-state index in [1.807, 2.05) is 18.2 Å². The molecule has 0 radical (unpaired) electrons. The second-order valence-corrected chi connectivity index (χ2v) is 5.99. The van der Waals surface area contributed by atoms with E-state index in [4.69, 9.17) is 16.9 Å². The molecule has 0 aromatic carbocycles. The van der Waals surface area contributed by atoms with E-state index in [2.05, 4.69) is 14.9 Å². The summed E-state index contributed by atoms with van der Waals surface area (Å²) in [7, 11) is 0. The zero-order chi connectivity index (χ0) is 16.2. The first-order valence-electron chi connectivity index (χ1n) is 7.85. The fourth-order valence-corrected chi connectivity index (χ4v) is 2.82. The zero-order valence-electron chi connectivity index (χ0n) is 13.1. The number of piperidine rings is 1. The molecule has 0 spiro atoms. The molecule has 6 heteroatoms. The maximum Gasteiger partial charge on any atom is 0.0725 e. The number of nitrogens with two attached hydrogens (primary N) is 2. The summed E-state index contributed by atoms with van der Waals surface area (Å²) >= 11 is 0. The summed E-state index contributed by atoms with van der Waals surface area (Å²) in [5.74, 6) is 0. The van der Waals surface area contributed by atoms with Crippen LogP contribution in [0.3, 0.4) is 0 Å². The first-order valence-corrected chi connectivity index (χ1v) is 7.85. The highest BCUT2D eigenvalue weighted by Crippen LogP contribution is 2.21. The predicted molar refractivity (Wildman–Crippen MR) is 92.4 cm³/mol. The molecule has 1 aliphatic rings. The molecule has 0 bridgehead atoms. The SMILES string of the molecule is N=C(CN1CCC(N)CC1)c1cc(-c2cccnc2)ncc1N. The topological polar surface area (TPSA) is 105 Å². The van der Waals surface area contributed by atoms with Crippen LogP contribution in [0.15, 0.2) is 36.8 Å². The summed E-state index contributed by atoms with van der Waals surface area (Å²) in [5.41, 5.74) is 15.5. The Labute approximate surface area is 136 Å². The third-order valence-electron chi connectivity index (χ3n) is 4.23. The van der Waals surface area contributed by atoms with Gasteiger partial charge in [0.05, 0.1) is 23.3 Å². The molecule has 3 rings (SSSR count). The Balaban J connectivity index is 1.77. The van der Waals surface area contributed by atoms with Crippen molar-refractivity contribution >= 4 is 11.4 Å². The summed E-state index contributed by atoms with van der Waals surface area (Å²) < 4.78 is 0. The molecule has 0 unspecified atom stereocenters. The maximum atomic E-state index is 8.42. The highest BCUT2D eigenvalue weighted by atomic mass is 15.1. The number of anilines is 1. The second-order valence-electron chi connectivity index (χ2n) is 5.99. The molecule has 120 valence electrons. The van der Waals surface area contributed by atoms with Crippen molar-refractivity contribution in [2.75, 3.05) is 25.4 Å². The number of aromatic nitrogens is 2. The van der Waals surface area contributed by atoms with Gasteiger partial charge in [-0.15, -0.1) is 0 Å². The Kier molecular flexibility index (Phi) is 4.64. The molecule has 1 aliphatic heterocycles. The van der Waals surface area contributed by atoms with E-state index in [-0.39, 0.29) is 0 Å². The average Bonchev–Trinajstić information content (AvgIpc) is 2.58. The number of pyridine rings is 2. The van der Waals surface area contributed by atoms with E-state index in [9.17, 15) is 0 Å². The molecule has 5 N–H and O–H groups in total. The average molecular weight is 310 g/mol. The van der Waals surface area contributed by atoms with Crippen molar-refractivity contribution in [1.82, 2.24) is 14.9 Å². The molecule has 6 nitrogen and oxygen atoms in total. The van der Waals surface area contributed by atoms with Crippen LogP contribution in [-0.2, 0) is 0 Å². The van der Waals surface area contributed by atoms with Gasteiger partial charge in [-0.3, -0.25) is 14.9 Å². The van der Waals surface area contributed by atoms with Gasteiger partial charge < -0.3 is 16.9 Å². The smallest absolute Gasteiger partial charge is 0.0725 e. The Hall–Kier alpha value is -2.31. The molecular formula is C17H22N6. The van der Waals surface area contributed by atoms with E-state index < -0.39 is 0 Å². The van der Waals surface area contributed by atoms with Gasteiger partial charge >= 0.3 is 0 Å². The molecule has 23 heavy (non-hydrogen) atoms. The van der Waals surface area contributed by atoms with Crippen LogP contribution in [0.25, 0.3) is 11.3 Å². The Morgan fingerprint density at radius 3 is 2.78 bits per heavy atom. The summed E-state index contributed by atoms with van der Waals surface area (Å²) in [6.45, 7) is 2.46. The molecule has 3 heterocycles. The standard InChI is InChI=1S/C17H22N6/c18-13-3-6-23(7-4-13)11-16(20)14-8-17(22-10-15(14)19)12-2-1-5-21-9-12/h1-2,5,8-10,13,20H,3-4,6-7,11,18-19H2. The molecule has 0 amide bonds. The van der Waals surface area contributed by atoms with Crippen LogP contribution in [0.2, 0.25) is 0 Å². The number of nitrogens with one attached hydrogen (secondary N) is 1. The van der Waals surface area contributed by atoms with Gasteiger partial charge in [-0.05, 0) is 31.0 Å². The van der Waals surface area contributed by atoms with Crippen molar-refractivity contribution in [3.05, 3.63) is 42.4 Å². The van der Waals surface area contributed by atoms with Gasteiger partial charge in [-0.2, -0.15) is 0 Å². The number of nitrogens with zero attached hydrogens (tertiary/aromatic N) is 3. The molecule has 2 aromatic heterocycles. The zero-order valence-corrected chi connectivity index (χ0v) is 13.1. The summed E-state index contributed by atoms with van der Waals surface area (Å²) in [6, 6.07) is 5.99. The number of hydrogen-bond acceptors (Lipinski definition) is 6. The van der Waals surface area contributed by atoms with Crippen LogP contribution in [0.4, 0.5) is 5.69 Å². The molecule has 1 fully saturated rings. The second kappa shape index (κ2) is 6.85. The van der Waals surface area contributed by atoms with E-state index in [1.54, 1.807) is 18.6 Å². The van der Waals surface area contributed by atoms with E-state index in [0.29, 0.717) is 24.0 Å². The van der Waals surface area contributed by atoms with Crippen molar-refractivity contribution in [2.24, 2.45) is 5.73 Å². The Bertz CT molecular complexity index is 677. The van der Waals surface area contributed by atoms with Crippen LogP contribution < -0.4 is 11.5 Å². The lowest BCUT2D eigenvalue weighted by Gasteiger charge is -2.30. The van der Waals surface area contributed by atoms with Gasteiger partial charge in [-0.1, -0.05) is 0 Å². The lowest BCUT2D eigenvalue weighted by Crippen LogP contribution is -2.42. The van der Waals surface area contributed by atoms with Crippen LogP contribution >= 0.6 is 0 Å². The van der Waals surface area contributed by atoms with Crippen LogP contribution in [0.1, 0.15) is 18.4 Å². The monoisotopic (exact) mass is 310 g/mol. The fraction of sp³-hybridized carbons (Fsp3) is 0.353. The predicted octanol–water partition coefficient (Wildman–Crippen LogP) is 1.52. The van der Waals surface area contributed by atoms with Crippen molar-refractivity contribution in [3.63, 3.8) is 0 Å². The normalized spacial score (nSPS) is 16.4. The lowest BCUT2D eigenvalue weighted by molar-refractivity contribution is 0.239. The fourth-order valence-electron chi connectivity index (χ4n) is 2.82. The van der Waals surface area contributed by atoms with Crippen molar-refractivity contribution in [3.8, 4) is 11.3 Å². The van der Waals surface area contributed by atoms with Gasteiger partial charge in [0.25, 0.3) is 0 Å². The first-order chi connectivity index (χ1) is 11.1. The summed E-state index contributed by atoms with van der Waals surface area (Å²) in [4.78, 5) is 10.7. The Morgan fingerprint density at radius 2 is 2.09 bits per heavy atom. The summed E-state index contributed by atoms with van der Waals surface area (Å²) in [5, 5.41) is 8.42. The molecule has 1 saturated heterocycles. The first kappa shape index (κ1) is 15.6. The largest absolute Gasteiger partial charge is 0.397 e. The Morgan fingerprint density at radius 1 is 1.30 bits per heavy atom. The highest BCUT2D eigenvalue weighted by molar-refractivity contribution is 6.04. The van der Waals surface area contributed by atoms with Gasteiger partial charge in [0.15, 0.2) is 0 Å². The number of rotatable bonds is 4. The minimum Gasteiger partial charge on any atom is -0.397 e. The van der Waals surface area contributed by atoms with Crippen LogP contribution in [-0.4, -0.2) is 46.3 Å². The third kappa shape index (κ3) is 3.72. The maximum absolute atomic E-state index is 8.42. The van der Waals surface area contributed by atoms with Gasteiger partial charge in [0, 0.05) is 49.2 Å². The quantitative estimate of drug-likeness (QED) is 0.743.